The zero-order valence-electron chi connectivity index (χ0n) is 52.4. The van der Waals surface area contributed by atoms with Crippen molar-refractivity contribution in [3.63, 3.8) is 0 Å². The third-order valence-corrected chi connectivity index (χ3v) is 21.6. The van der Waals surface area contributed by atoms with Gasteiger partial charge >= 0.3 is 0 Å². The summed E-state index contributed by atoms with van der Waals surface area (Å²) in [6.07, 6.45) is 0. The molecule has 2 heteroatoms. The van der Waals surface area contributed by atoms with Crippen molar-refractivity contribution in [2.24, 2.45) is 0 Å². The minimum atomic E-state index is -0.541. The van der Waals surface area contributed by atoms with E-state index in [2.05, 4.69) is 353 Å². The van der Waals surface area contributed by atoms with Crippen molar-refractivity contribution in [1.82, 2.24) is 4.57 Å². The standard InChI is InChI=1S/C91H64N2/c1-89(2)77-30-16-11-25-69(77)72-46-40-61(54-82(72)89)63-51-64(62-41-47-73-70-26-12-17-31-78(70)90(3,4)83(73)55-62)53-68(52-63)92(66-42-35-58(36-43-66)57-21-7-5-8-22-57)67-44-37-59(38-45-67)60-39-48-74-71-27-13-18-32-79(71)91(84(74)56-60)80-33-19-14-28-75(80)87-81(91)49-50-86-88(87)76-29-15-20-34-85(76)93(86)65-23-9-6-10-24-65/h5-56H,1-4H3. The van der Waals surface area contributed by atoms with E-state index >= 15 is 0 Å². The molecular formula is C91H64N2. The van der Waals surface area contributed by atoms with Gasteiger partial charge in [0, 0.05) is 44.4 Å². The first-order valence-corrected chi connectivity index (χ1v) is 32.8. The Labute approximate surface area is 543 Å². The third-order valence-electron chi connectivity index (χ3n) is 21.6. The van der Waals surface area contributed by atoms with Crippen LogP contribution in [0.25, 0.3) is 117 Å². The molecule has 0 saturated carbocycles. The second-order valence-electron chi connectivity index (χ2n) is 27.1. The van der Waals surface area contributed by atoms with E-state index in [1.165, 1.54) is 150 Å². The molecule has 4 aliphatic rings. The largest absolute Gasteiger partial charge is 0.310 e. The highest BCUT2D eigenvalue weighted by Gasteiger charge is 2.52. The average molecular weight is 1190 g/mol. The fourth-order valence-electron chi connectivity index (χ4n) is 17.2. The lowest BCUT2D eigenvalue weighted by Gasteiger charge is -2.31. The number of para-hydroxylation sites is 2. The number of hydrogen-bond acceptors (Lipinski definition) is 1. The average Bonchev–Trinajstić information content (AvgIpc) is 1.50. The van der Waals surface area contributed by atoms with Crippen LogP contribution in [0, 0.1) is 0 Å². The Balaban J connectivity index is 0.780. The van der Waals surface area contributed by atoms with Crippen molar-refractivity contribution >= 4 is 38.9 Å². The number of aromatic nitrogens is 1. The summed E-state index contributed by atoms with van der Waals surface area (Å²) in [5, 5.41) is 2.57. The van der Waals surface area contributed by atoms with Crippen LogP contribution in [-0.2, 0) is 16.2 Å². The van der Waals surface area contributed by atoms with Gasteiger partial charge < -0.3 is 9.47 Å². The van der Waals surface area contributed by atoms with Crippen molar-refractivity contribution in [2.45, 2.75) is 43.9 Å². The maximum absolute atomic E-state index is 2.52. The number of benzene rings is 14. The topological polar surface area (TPSA) is 8.17 Å². The van der Waals surface area contributed by atoms with Crippen molar-refractivity contribution in [3.8, 4) is 94.7 Å². The highest BCUT2D eigenvalue weighted by Crippen LogP contribution is 2.65. The van der Waals surface area contributed by atoms with Crippen LogP contribution >= 0.6 is 0 Å². The number of nitrogens with zero attached hydrogens (tertiary/aromatic N) is 2. The zero-order valence-corrected chi connectivity index (χ0v) is 52.4. The quantitative estimate of drug-likeness (QED) is 0.147. The molecule has 15 aromatic rings. The molecule has 0 aliphatic heterocycles. The fraction of sp³-hybridized carbons (Fsp3) is 0.0769. The van der Waals surface area contributed by atoms with Crippen LogP contribution in [0.3, 0.4) is 0 Å². The molecule has 0 saturated heterocycles. The van der Waals surface area contributed by atoms with Crippen LogP contribution in [0.5, 0.6) is 0 Å². The molecule has 2 nitrogen and oxygen atoms in total. The summed E-state index contributed by atoms with van der Waals surface area (Å²) in [5.74, 6) is 0. The predicted molar refractivity (Wildman–Crippen MR) is 389 cm³/mol. The van der Waals surface area contributed by atoms with Crippen molar-refractivity contribution in [3.05, 3.63) is 360 Å². The van der Waals surface area contributed by atoms with Gasteiger partial charge in [0.15, 0.2) is 0 Å². The Kier molecular flexibility index (Phi) is 11.4. The number of anilines is 3. The molecule has 0 bridgehead atoms. The van der Waals surface area contributed by atoms with Gasteiger partial charge in [0.1, 0.15) is 0 Å². The Morgan fingerprint density at radius 3 is 1.24 bits per heavy atom. The Hall–Kier alpha value is -11.3. The molecule has 93 heavy (non-hydrogen) atoms. The lowest BCUT2D eigenvalue weighted by molar-refractivity contribution is 0.660. The molecule has 19 rings (SSSR count). The van der Waals surface area contributed by atoms with Crippen LogP contribution in [0.4, 0.5) is 17.1 Å². The van der Waals surface area contributed by atoms with E-state index in [-0.39, 0.29) is 10.8 Å². The van der Waals surface area contributed by atoms with E-state index < -0.39 is 5.41 Å². The summed E-state index contributed by atoms with van der Waals surface area (Å²) in [4.78, 5) is 2.47. The first kappa shape index (κ1) is 53.5. The van der Waals surface area contributed by atoms with Gasteiger partial charge in [-0.2, -0.15) is 0 Å². The number of hydrogen-bond donors (Lipinski definition) is 0. The van der Waals surface area contributed by atoms with Crippen LogP contribution in [0.1, 0.15) is 72.2 Å². The summed E-state index contributed by atoms with van der Waals surface area (Å²) in [7, 11) is 0. The van der Waals surface area contributed by atoms with Gasteiger partial charge in [-0.25, -0.2) is 0 Å². The second kappa shape index (κ2) is 19.8. The summed E-state index contributed by atoms with van der Waals surface area (Å²) in [5.41, 5.74) is 36.8. The van der Waals surface area contributed by atoms with E-state index in [0.29, 0.717) is 0 Å². The van der Waals surface area contributed by atoms with Gasteiger partial charge in [-0.1, -0.05) is 258 Å². The first-order chi connectivity index (χ1) is 45.6. The second-order valence-corrected chi connectivity index (χ2v) is 27.1. The maximum Gasteiger partial charge on any atom is 0.0726 e. The molecule has 4 aliphatic carbocycles. The fourth-order valence-corrected chi connectivity index (χ4v) is 17.2. The van der Waals surface area contributed by atoms with Crippen LogP contribution in [-0.4, -0.2) is 4.57 Å². The van der Waals surface area contributed by atoms with Crippen molar-refractivity contribution in [2.75, 3.05) is 4.90 Å². The molecule has 1 spiro atoms. The molecule has 14 aromatic carbocycles. The van der Waals surface area contributed by atoms with E-state index in [0.717, 1.165) is 28.3 Å². The molecule has 1 heterocycles. The van der Waals surface area contributed by atoms with Gasteiger partial charge in [0.25, 0.3) is 0 Å². The Morgan fingerprint density at radius 1 is 0.247 bits per heavy atom. The molecule has 1 unspecified atom stereocenters. The summed E-state index contributed by atoms with van der Waals surface area (Å²) in [6, 6.07) is 119. The highest BCUT2D eigenvalue weighted by atomic mass is 15.1. The maximum atomic E-state index is 2.52. The molecule has 1 aromatic heterocycles. The number of rotatable bonds is 8. The first-order valence-electron chi connectivity index (χ1n) is 32.8. The highest BCUT2D eigenvalue weighted by molar-refractivity contribution is 6.19. The molecule has 1 atom stereocenters. The third kappa shape index (κ3) is 7.64. The monoisotopic (exact) mass is 1180 g/mol. The van der Waals surface area contributed by atoms with Crippen LogP contribution in [0.2, 0.25) is 0 Å². The minimum Gasteiger partial charge on any atom is -0.310 e. The van der Waals surface area contributed by atoms with E-state index in [1.54, 1.807) is 0 Å². The minimum absolute atomic E-state index is 0.148. The van der Waals surface area contributed by atoms with Gasteiger partial charge in [-0.3, -0.25) is 0 Å². The lowest BCUT2D eigenvalue weighted by atomic mass is 9.70. The van der Waals surface area contributed by atoms with Gasteiger partial charge in [-0.05, 0) is 218 Å². The summed E-state index contributed by atoms with van der Waals surface area (Å²) in [6.45, 7) is 9.53. The van der Waals surface area contributed by atoms with Crippen LogP contribution in [0.15, 0.2) is 315 Å². The van der Waals surface area contributed by atoms with E-state index in [9.17, 15) is 0 Å². The van der Waals surface area contributed by atoms with Crippen molar-refractivity contribution < 1.29 is 0 Å². The molecule has 0 amide bonds. The lowest BCUT2D eigenvalue weighted by Crippen LogP contribution is -2.25. The van der Waals surface area contributed by atoms with Gasteiger partial charge in [0.05, 0.1) is 16.4 Å². The van der Waals surface area contributed by atoms with Crippen LogP contribution < -0.4 is 4.90 Å². The van der Waals surface area contributed by atoms with E-state index in [4.69, 9.17) is 0 Å². The zero-order chi connectivity index (χ0) is 61.9. The number of fused-ring (bicyclic) bond motifs is 20. The predicted octanol–water partition coefficient (Wildman–Crippen LogP) is 23.9. The summed E-state index contributed by atoms with van der Waals surface area (Å²) >= 11 is 0. The molecule has 0 fully saturated rings. The Morgan fingerprint density at radius 2 is 0.656 bits per heavy atom. The smallest absolute Gasteiger partial charge is 0.0726 e. The van der Waals surface area contributed by atoms with Gasteiger partial charge in [-0.15, -0.1) is 0 Å². The SMILES string of the molecule is CC1(C)c2ccccc2-c2ccc(-c3cc(-c4ccc5c(c4)C(C)(C)c4ccccc4-5)cc(N(c4ccc(-c5ccccc5)cc4)c4ccc(-c5ccc6c(c5)C5(c7ccccc7-6)c6ccccc6-c6c5ccc5c6c6ccccc6n5-c5ccccc5)cc4)c3)cc21. The molecule has 438 valence electrons. The van der Waals surface area contributed by atoms with Gasteiger partial charge in [0.2, 0.25) is 0 Å². The normalized spacial score (nSPS) is 15.3. The Bertz CT molecular complexity index is 5480. The van der Waals surface area contributed by atoms with Crippen molar-refractivity contribution in [1.29, 1.82) is 0 Å². The molecule has 0 N–H and O–H groups in total. The molecular weight excluding hydrogens is 1120 g/mol. The summed E-state index contributed by atoms with van der Waals surface area (Å²) < 4.78 is 2.45. The molecule has 0 radical (unpaired) electrons. The van der Waals surface area contributed by atoms with E-state index in [1.807, 2.05) is 0 Å².